The fraction of sp³-hybridized carbons (Fsp3) is 0.357. The molecule has 5 heteroatoms. The number of rotatable bonds is 4. The minimum absolute atomic E-state index is 0.0295. The second-order valence-corrected chi connectivity index (χ2v) is 4.70. The van der Waals surface area contributed by atoms with E-state index in [2.05, 4.69) is 10.5 Å². The zero-order valence-corrected chi connectivity index (χ0v) is 11.5. The number of aromatic hydroxyl groups is 1. The Bertz CT molecular complexity index is 534. The Kier molecular flexibility index (Phi) is 4.80. The summed E-state index contributed by atoms with van der Waals surface area (Å²) in [5.74, 6) is -0.104. The molecule has 19 heavy (non-hydrogen) atoms. The summed E-state index contributed by atoms with van der Waals surface area (Å²) >= 11 is 0. The Morgan fingerprint density at radius 3 is 2.47 bits per heavy atom. The number of carbonyl (C=O) groups is 1. The van der Waals surface area contributed by atoms with Crippen LogP contribution in [0.4, 0.5) is 5.69 Å². The van der Waals surface area contributed by atoms with Crippen molar-refractivity contribution in [1.82, 2.24) is 5.32 Å². The van der Waals surface area contributed by atoms with Crippen LogP contribution < -0.4 is 5.32 Å². The van der Waals surface area contributed by atoms with Gasteiger partial charge < -0.3 is 10.4 Å². The minimum Gasteiger partial charge on any atom is -0.507 e. The molecule has 0 heterocycles. The number of amides is 1. The molecule has 1 amide bonds. The first-order chi connectivity index (χ1) is 8.86. The monoisotopic (exact) mass is 262 g/mol. The largest absolute Gasteiger partial charge is 0.507 e. The smallest absolute Gasteiger partial charge is 0.220 e. The van der Waals surface area contributed by atoms with Crippen molar-refractivity contribution in [1.29, 1.82) is 0 Å². The first-order valence-electron chi connectivity index (χ1n) is 6.01. The van der Waals surface area contributed by atoms with Gasteiger partial charge in [0.2, 0.25) is 5.91 Å². The molecule has 1 aromatic carbocycles. The molecular formula is C14H18N2O3. The van der Waals surface area contributed by atoms with Crippen LogP contribution >= 0.6 is 0 Å². The summed E-state index contributed by atoms with van der Waals surface area (Å²) in [7, 11) is 0. The quantitative estimate of drug-likeness (QED) is 0.816. The Labute approximate surface area is 112 Å². The lowest BCUT2D eigenvalue weighted by Crippen LogP contribution is -2.12. The lowest BCUT2D eigenvalue weighted by atomic mass is 9.95. The summed E-state index contributed by atoms with van der Waals surface area (Å²) in [6, 6.07) is 3.08. The Morgan fingerprint density at radius 2 is 2.00 bits per heavy atom. The Morgan fingerprint density at radius 1 is 1.37 bits per heavy atom. The van der Waals surface area contributed by atoms with Gasteiger partial charge in [-0.1, -0.05) is 13.8 Å². The second-order valence-electron chi connectivity index (χ2n) is 4.70. The van der Waals surface area contributed by atoms with Crippen LogP contribution in [0.3, 0.4) is 0 Å². The average Bonchev–Trinajstić information content (AvgIpc) is 2.34. The van der Waals surface area contributed by atoms with Crippen molar-refractivity contribution >= 4 is 17.2 Å². The Balaban J connectivity index is 3.28. The number of nitroso groups, excluding NO2 is 1. The van der Waals surface area contributed by atoms with Crippen molar-refractivity contribution in [3.8, 4) is 5.75 Å². The summed E-state index contributed by atoms with van der Waals surface area (Å²) in [5, 5.41) is 15.4. The van der Waals surface area contributed by atoms with Crippen LogP contribution in [-0.2, 0) is 4.79 Å². The normalized spacial score (nSPS) is 11.5. The SMILES string of the molecule is CC(=O)N/C=C(\C)c1cc(C(C)C)c(N=O)cc1O. The minimum atomic E-state index is -0.186. The lowest BCUT2D eigenvalue weighted by molar-refractivity contribution is -0.118. The van der Waals surface area contributed by atoms with Gasteiger partial charge in [-0.05, 0) is 35.2 Å². The van der Waals surface area contributed by atoms with E-state index in [0.717, 1.165) is 5.56 Å². The van der Waals surface area contributed by atoms with Gasteiger partial charge in [0, 0.05) is 24.8 Å². The number of carbonyl (C=O) groups excluding carboxylic acids is 1. The van der Waals surface area contributed by atoms with E-state index in [1.54, 1.807) is 13.0 Å². The summed E-state index contributed by atoms with van der Waals surface area (Å²) in [6.07, 6.45) is 1.52. The lowest BCUT2D eigenvalue weighted by Gasteiger charge is -2.12. The van der Waals surface area contributed by atoms with Crippen molar-refractivity contribution in [2.45, 2.75) is 33.6 Å². The summed E-state index contributed by atoms with van der Waals surface area (Å²) in [4.78, 5) is 21.6. The van der Waals surface area contributed by atoms with Crippen LogP contribution in [0.1, 0.15) is 44.7 Å². The van der Waals surface area contributed by atoms with E-state index in [1.807, 2.05) is 13.8 Å². The van der Waals surface area contributed by atoms with Gasteiger partial charge >= 0.3 is 0 Å². The molecule has 0 saturated heterocycles. The van der Waals surface area contributed by atoms with Crippen LogP contribution in [-0.4, -0.2) is 11.0 Å². The highest BCUT2D eigenvalue weighted by molar-refractivity contribution is 5.78. The van der Waals surface area contributed by atoms with Gasteiger partial charge in [0.1, 0.15) is 11.4 Å². The number of nitrogens with zero attached hydrogens (tertiary/aromatic N) is 1. The molecule has 0 aromatic heterocycles. The second kappa shape index (κ2) is 6.13. The number of benzene rings is 1. The van der Waals surface area contributed by atoms with E-state index in [1.165, 1.54) is 19.2 Å². The molecule has 1 rings (SSSR count). The standard InChI is InChI=1S/C14H18N2O3/c1-8(2)11-5-12(9(3)7-15-10(4)17)14(18)6-13(11)16-19/h5-8,18H,1-4H3,(H,15,17)/b9-7+. The van der Waals surface area contributed by atoms with Gasteiger partial charge in [-0.3, -0.25) is 4.79 Å². The zero-order chi connectivity index (χ0) is 14.6. The molecule has 1 aromatic rings. The van der Waals surface area contributed by atoms with Crippen molar-refractivity contribution in [2.75, 3.05) is 0 Å². The van der Waals surface area contributed by atoms with E-state index >= 15 is 0 Å². The molecule has 0 aliphatic carbocycles. The van der Waals surface area contributed by atoms with Crippen LogP contribution in [0.5, 0.6) is 5.75 Å². The van der Waals surface area contributed by atoms with Gasteiger partial charge in [0.15, 0.2) is 0 Å². The molecule has 0 saturated carbocycles. The third-order valence-electron chi connectivity index (χ3n) is 2.78. The summed E-state index contributed by atoms with van der Waals surface area (Å²) in [6.45, 7) is 7.06. The van der Waals surface area contributed by atoms with Gasteiger partial charge in [0.25, 0.3) is 0 Å². The molecule has 5 nitrogen and oxygen atoms in total. The fourth-order valence-electron chi connectivity index (χ4n) is 1.74. The molecule has 2 N–H and O–H groups in total. The van der Waals surface area contributed by atoms with Gasteiger partial charge in [-0.25, -0.2) is 0 Å². The maximum Gasteiger partial charge on any atom is 0.220 e. The molecule has 0 atom stereocenters. The van der Waals surface area contributed by atoms with Gasteiger partial charge in [-0.15, -0.1) is 4.91 Å². The topological polar surface area (TPSA) is 78.8 Å². The number of hydrogen-bond donors (Lipinski definition) is 2. The fourth-order valence-corrected chi connectivity index (χ4v) is 1.74. The maximum atomic E-state index is 10.9. The first-order valence-corrected chi connectivity index (χ1v) is 6.01. The first kappa shape index (κ1) is 14.9. The highest BCUT2D eigenvalue weighted by atomic mass is 16.3. The Hall–Kier alpha value is -2.17. The maximum absolute atomic E-state index is 10.9. The van der Waals surface area contributed by atoms with Crippen molar-refractivity contribution in [3.05, 3.63) is 34.4 Å². The van der Waals surface area contributed by atoms with Gasteiger partial charge in [0.05, 0.1) is 0 Å². The van der Waals surface area contributed by atoms with Crippen LogP contribution in [0.15, 0.2) is 23.5 Å². The molecule has 0 spiro atoms. The zero-order valence-electron chi connectivity index (χ0n) is 11.5. The van der Waals surface area contributed by atoms with Gasteiger partial charge in [-0.2, -0.15) is 0 Å². The molecule has 0 aliphatic rings. The number of phenols is 1. The molecule has 0 fully saturated rings. The molecule has 102 valence electrons. The van der Waals surface area contributed by atoms with Crippen LogP contribution in [0.2, 0.25) is 0 Å². The predicted octanol–water partition coefficient (Wildman–Crippen LogP) is 3.41. The van der Waals surface area contributed by atoms with Crippen molar-refractivity contribution in [2.24, 2.45) is 5.18 Å². The van der Waals surface area contributed by atoms with E-state index in [9.17, 15) is 14.8 Å². The highest BCUT2D eigenvalue weighted by Crippen LogP contribution is 2.35. The molecule has 0 unspecified atom stereocenters. The van der Waals surface area contributed by atoms with E-state index in [0.29, 0.717) is 11.1 Å². The summed E-state index contributed by atoms with van der Waals surface area (Å²) < 4.78 is 0. The molecular weight excluding hydrogens is 244 g/mol. The number of nitrogens with one attached hydrogen (secondary N) is 1. The van der Waals surface area contributed by atoms with Crippen molar-refractivity contribution in [3.63, 3.8) is 0 Å². The molecule has 0 radical (unpaired) electrons. The third kappa shape index (κ3) is 3.64. The summed E-state index contributed by atoms with van der Waals surface area (Å²) in [5.41, 5.74) is 2.28. The van der Waals surface area contributed by atoms with E-state index in [4.69, 9.17) is 0 Å². The highest BCUT2D eigenvalue weighted by Gasteiger charge is 2.13. The number of hydrogen-bond acceptors (Lipinski definition) is 4. The van der Waals surface area contributed by atoms with E-state index in [-0.39, 0.29) is 23.3 Å². The molecule has 0 aliphatic heterocycles. The molecule has 0 bridgehead atoms. The predicted molar refractivity (Wildman–Crippen MR) is 75.1 cm³/mol. The third-order valence-corrected chi connectivity index (χ3v) is 2.78. The number of allylic oxidation sites excluding steroid dienone is 1. The number of phenolic OH excluding ortho intramolecular Hbond substituents is 1. The van der Waals surface area contributed by atoms with E-state index < -0.39 is 0 Å². The average molecular weight is 262 g/mol. The van der Waals surface area contributed by atoms with Crippen molar-refractivity contribution < 1.29 is 9.90 Å². The van der Waals surface area contributed by atoms with Crippen LogP contribution in [0.25, 0.3) is 5.57 Å². The van der Waals surface area contributed by atoms with Crippen LogP contribution in [0, 0.1) is 4.91 Å².